The zero-order chi connectivity index (χ0) is 10.8. The van der Waals surface area contributed by atoms with E-state index in [-0.39, 0.29) is 0 Å². The summed E-state index contributed by atoms with van der Waals surface area (Å²) < 4.78 is 0. The van der Waals surface area contributed by atoms with Crippen LogP contribution in [0.3, 0.4) is 0 Å². The maximum atomic E-state index is 11.0. The van der Waals surface area contributed by atoms with Crippen LogP contribution in [-0.2, 0) is 0 Å². The molecule has 1 saturated carbocycles. The van der Waals surface area contributed by atoms with Crippen LogP contribution in [0.15, 0.2) is 24.3 Å². The van der Waals surface area contributed by atoms with E-state index in [0.717, 1.165) is 24.8 Å². The second-order valence-corrected chi connectivity index (χ2v) is 5.29. The molecule has 1 fully saturated rings. The SMILES string of the molecule is O=C(O)c1ccccc1C1CCC(Br)C1. The van der Waals surface area contributed by atoms with Gasteiger partial charge in [-0.2, -0.15) is 0 Å². The van der Waals surface area contributed by atoms with E-state index in [4.69, 9.17) is 5.11 Å². The van der Waals surface area contributed by atoms with E-state index in [0.29, 0.717) is 16.3 Å². The number of carboxylic acids is 1. The number of rotatable bonds is 2. The minimum atomic E-state index is -0.816. The largest absolute Gasteiger partial charge is 0.478 e. The maximum absolute atomic E-state index is 11.0. The first-order valence-corrected chi connectivity index (χ1v) is 6.06. The van der Waals surface area contributed by atoms with Gasteiger partial charge in [0, 0.05) is 4.83 Å². The normalized spacial score (nSPS) is 25.4. The predicted molar refractivity (Wildman–Crippen MR) is 62.7 cm³/mol. The van der Waals surface area contributed by atoms with Crippen molar-refractivity contribution >= 4 is 21.9 Å². The number of benzene rings is 1. The number of halogens is 1. The van der Waals surface area contributed by atoms with Crippen molar-refractivity contribution in [1.82, 2.24) is 0 Å². The lowest BCUT2D eigenvalue weighted by Crippen LogP contribution is -2.05. The molecule has 0 spiro atoms. The van der Waals surface area contributed by atoms with Gasteiger partial charge in [0.05, 0.1) is 5.56 Å². The molecule has 0 aromatic heterocycles. The molecule has 1 aliphatic carbocycles. The van der Waals surface area contributed by atoms with Gasteiger partial charge in [0.2, 0.25) is 0 Å². The van der Waals surface area contributed by atoms with E-state index in [1.165, 1.54) is 0 Å². The summed E-state index contributed by atoms with van der Waals surface area (Å²) in [6.07, 6.45) is 3.27. The number of hydrogen-bond acceptors (Lipinski definition) is 1. The quantitative estimate of drug-likeness (QED) is 0.835. The van der Waals surface area contributed by atoms with Gasteiger partial charge in [0.15, 0.2) is 0 Å². The first-order chi connectivity index (χ1) is 7.18. The minimum absolute atomic E-state index is 0.404. The van der Waals surface area contributed by atoms with Crippen LogP contribution < -0.4 is 0 Å². The van der Waals surface area contributed by atoms with Crippen molar-refractivity contribution in [3.63, 3.8) is 0 Å². The molecule has 1 aromatic carbocycles. The molecule has 0 saturated heterocycles. The Morgan fingerprint density at radius 1 is 1.33 bits per heavy atom. The lowest BCUT2D eigenvalue weighted by molar-refractivity contribution is 0.0695. The van der Waals surface area contributed by atoms with Crippen LogP contribution in [0, 0.1) is 0 Å². The second kappa shape index (κ2) is 4.35. The maximum Gasteiger partial charge on any atom is 0.335 e. The van der Waals surface area contributed by atoms with Gasteiger partial charge < -0.3 is 5.11 Å². The number of alkyl halides is 1. The molecule has 0 amide bonds. The van der Waals surface area contributed by atoms with Gasteiger partial charge in [-0.25, -0.2) is 4.79 Å². The lowest BCUT2D eigenvalue weighted by Gasteiger charge is -2.12. The van der Waals surface area contributed by atoms with Gasteiger partial charge in [0.25, 0.3) is 0 Å². The summed E-state index contributed by atoms with van der Waals surface area (Å²) in [5.41, 5.74) is 1.45. The molecule has 3 heteroatoms. The van der Waals surface area contributed by atoms with Gasteiger partial charge in [-0.05, 0) is 36.8 Å². The van der Waals surface area contributed by atoms with Gasteiger partial charge in [-0.15, -0.1) is 0 Å². The Bertz CT molecular complexity index is 376. The molecule has 0 bridgehead atoms. The van der Waals surface area contributed by atoms with E-state index < -0.39 is 5.97 Å². The topological polar surface area (TPSA) is 37.3 Å². The Labute approximate surface area is 97.4 Å². The fourth-order valence-corrected chi connectivity index (χ4v) is 2.97. The monoisotopic (exact) mass is 268 g/mol. The highest BCUT2D eigenvalue weighted by Crippen LogP contribution is 2.39. The average Bonchev–Trinajstić information content (AvgIpc) is 2.65. The van der Waals surface area contributed by atoms with Gasteiger partial charge >= 0.3 is 5.97 Å². The summed E-state index contributed by atoms with van der Waals surface area (Å²) in [5, 5.41) is 9.08. The summed E-state index contributed by atoms with van der Waals surface area (Å²) in [4.78, 5) is 11.6. The fourth-order valence-electron chi connectivity index (χ4n) is 2.26. The molecule has 2 rings (SSSR count). The predicted octanol–water partition coefficient (Wildman–Crippen LogP) is 3.42. The fraction of sp³-hybridized carbons (Fsp3) is 0.417. The molecule has 2 atom stereocenters. The van der Waals surface area contributed by atoms with Crippen molar-refractivity contribution in [1.29, 1.82) is 0 Å². The van der Waals surface area contributed by atoms with E-state index in [1.54, 1.807) is 12.1 Å². The molecular formula is C12H13BrO2. The van der Waals surface area contributed by atoms with Crippen molar-refractivity contribution in [2.75, 3.05) is 0 Å². The first kappa shape index (κ1) is 10.7. The van der Waals surface area contributed by atoms with Crippen LogP contribution in [0.1, 0.15) is 41.1 Å². The summed E-state index contributed by atoms with van der Waals surface area (Å²) in [6, 6.07) is 7.34. The van der Waals surface area contributed by atoms with E-state index >= 15 is 0 Å². The summed E-state index contributed by atoms with van der Waals surface area (Å²) >= 11 is 3.59. The molecule has 1 aromatic rings. The molecule has 0 aliphatic heterocycles. The number of aromatic carboxylic acids is 1. The average molecular weight is 269 g/mol. The second-order valence-electron chi connectivity index (χ2n) is 4.00. The molecule has 1 aliphatic rings. The molecule has 1 N–H and O–H groups in total. The Balaban J connectivity index is 2.31. The van der Waals surface area contributed by atoms with Gasteiger partial charge in [0.1, 0.15) is 0 Å². The molecule has 2 unspecified atom stereocenters. The smallest absolute Gasteiger partial charge is 0.335 e. The molecule has 0 radical (unpaired) electrons. The highest BCUT2D eigenvalue weighted by Gasteiger charge is 2.26. The van der Waals surface area contributed by atoms with Crippen molar-refractivity contribution in [3.8, 4) is 0 Å². The minimum Gasteiger partial charge on any atom is -0.478 e. The third-order valence-electron chi connectivity index (χ3n) is 3.00. The molecule has 0 heterocycles. The third-order valence-corrected chi connectivity index (χ3v) is 3.83. The van der Waals surface area contributed by atoms with Crippen LogP contribution >= 0.6 is 15.9 Å². The van der Waals surface area contributed by atoms with Crippen LogP contribution in [0.5, 0.6) is 0 Å². The lowest BCUT2D eigenvalue weighted by atomic mass is 9.93. The summed E-state index contributed by atoms with van der Waals surface area (Å²) in [5.74, 6) is -0.412. The van der Waals surface area contributed by atoms with Crippen LogP contribution in [0.25, 0.3) is 0 Å². The number of carboxylic acid groups (broad SMARTS) is 1. The zero-order valence-corrected chi connectivity index (χ0v) is 9.90. The van der Waals surface area contributed by atoms with E-state index in [1.807, 2.05) is 12.1 Å². The Kier molecular flexibility index (Phi) is 3.10. The Morgan fingerprint density at radius 3 is 2.67 bits per heavy atom. The number of carbonyl (C=O) groups is 1. The standard InChI is InChI=1S/C12H13BrO2/c13-9-6-5-8(7-9)10-3-1-2-4-11(10)12(14)15/h1-4,8-9H,5-7H2,(H,14,15). The van der Waals surface area contributed by atoms with Crippen molar-refractivity contribution in [2.24, 2.45) is 0 Å². The van der Waals surface area contributed by atoms with Crippen LogP contribution in [0.2, 0.25) is 0 Å². The van der Waals surface area contributed by atoms with Crippen LogP contribution in [0.4, 0.5) is 0 Å². The highest BCUT2D eigenvalue weighted by atomic mass is 79.9. The van der Waals surface area contributed by atoms with Gasteiger partial charge in [-0.3, -0.25) is 0 Å². The van der Waals surface area contributed by atoms with Crippen molar-refractivity contribution < 1.29 is 9.90 Å². The van der Waals surface area contributed by atoms with Crippen molar-refractivity contribution in [2.45, 2.75) is 30.0 Å². The summed E-state index contributed by atoms with van der Waals surface area (Å²) in [6.45, 7) is 0. The number of hydrogen-bond donors (Lipinski definition) is 1. The van der Waals surface area contributed by atoms with E-state index in [9.17, 15) is 4.79 Å². The van der Waals surface area contributed by atoms with Gasteiger partial charge in [-0.1, -0.05) is 34.1 Å². The molecule has 80 valence electrons. The first-order valence-electron chi connectivity index (χ1n) is 5.14. The Hall–Kier alpha value is -0.830. The van der Waals surface area contributed by atoms with E-state index in [2.05, 4.69) is 15.9 Å². The molecular weight excluding hydrogens is 256 g/mol. The third kappa shape index (κ3) is 2.23. The highest BCUT2D eigenvalue weighted by molar-refractivity contribution is 9.09. The molecule has 15 heavy (non-hydrogen) atoms. The van der Waals surface area contributed by atoms with Crippen molar-refractivity contribution in [3.05, 3.63) is 35.4 Å². The zero-order valence-electron chi connectivity index (χ0n) is 8.32. The Morgan fingerprint density at radius 2 is 2.07 bits per heavy atom. The molecule has 2 nitrogen and oxygen atoms in total. The summed E-state index contributed by atoms with van der Waals surface area (Å²) in [7, 11) is 0. The van der Waals surface area contributed by atoms with Crippen LogP contribution in [-0.4, -0.2) is 15.9 Å².